The molecule has 26 heavy (non-hydrogen) atoms. The summed E-state index contributed by atoms with van der Waals surface area (Å²) in [7, 11) is 0. The molecule has 2 aliphatic rings. The van der Waals surface area contributed by atoms with E-state index >= 15 is 0 Å². The van der Waals surface area contributed by atoms with Crippen LogP contribution in [0.5, 0.6) is 5.75 Å². The molecule has 3 rings (SSSR count). The number of ether oxygens (including phenoxy) is 1. The van der Waals surface area contributed by atoms with E-state index in [0.717, 1.165) is 11.3 Å². The molecule has 1 atom stereocenters. The van der Waals surface area contributed by atoms with Crippen molar-refractivity contribution in [3.63, 3.8) is 0 Å². The number of rotatable bonds is 6. The van der Waals surface area contributed by atoms with Gasteiger partial charge in [0, 0.05) is 0 Å². The van der Waals surface area contributed by atoms with E-state index in [2.05, 4.69) is 17.9 Å². The van der Waals surface area contributed by atoms with Gasteiger partial charge in [-0.05, 0) is 67.7 Å². The van der Waals surface area contributed by atoms with Gasteiger partial charge in [-0.25, -0.2) is 0 Å². The van der Waals surface area contributed by atoms with Crippen LogP contribution in [0.4, 0.5) is 0 Å². The maximum Gasteiger partial charge on any atom is 0.304 e. The van der Waals surface area contributed by atoms with Crippen molar-refractivity contribution in [1.29, 1.82) is 0 Å². The van der Waals surface area contributed by atoms with Crippen molar-refractivity contribution in [2.45, 2.75) is 64.2 Å². The van der Waals surface area contributed by atoms with E-state index in [1.165, 1.54) is 50.5 Å². The van der Waals surface area contributed by atoms with Crippen molar-refractivity contribution >= 4 is 5.97 Å². The normalized spacial score (nSPS) is 19.3. The average Bonchev–Trinajstić information content (AvgIpc) is 3.07. The first kappa shape index (κ1) is 18.6. The molecule has 0 aliphatic heterocycles. The van der Waals surface area contributed by atoms with Crippen molar-refractivity contribution < 1.29 is 14.6 Å². The highest BCUT2D eigenvalue weighted by atomic mass is 16.5. The largest absolute Gasteiger partial charge is 0.489 e. The third-order valence-corrected chi connectivity index (χ3v) is 5.78. The van der Waals surface area contributed by atoms with Crippen molar-refractivity contribution in [1.82, 2.24) is 0 Å². The Morgan fingerprint density at radius 1 is 1.23 bits per heavy atom. The average molecular weight is 352 g/mol. The van der Waals surface area contributed by atoms with Crippen LogP contribution in [0.1, 0.15) is 69.8 Å². The van der Waals surface area contributed by atoms with Crippen LogP contribution >= 0.6 is 0 Å². The summed E-state index contributed by atoms with van der Waals surface area (Å²) in [5.41, 5.74) is 2.92. The smallest absolute Gasteiger partial charge is 0.304 e. The maximum atomic E-state index is 11.0. The highest BCUT2D eigenvalue weighted by Gasteiger charge is 2.35. The second-order valence-corrected chi connectivity index (χ2v) is 7.69. The number of allylic oxidation sites excluding steroid dienone is 1. The number of hydrogen-bond acceptors (Lipinski definition) is 2. The van der Waals surface area contributed by atoms with E-state index in [-0.39, 0.29) is 12.3 Å². The summed E-state index contributed by atoms with van der Waals surface area (Å²) in [5, 5.41) is 9.04. The third kappa shape index (κ3) is 4.69. The van der Waals surface area contributed by atoms with E-state index < -0.39 is 5.97 Å². The molecule has 1 N–H and O–H groups in total. The van der Waals surface area contributed by atoms with Gasteiger partial charge in [0.2, 0.25) is 0 Å². The minimum absolute atomic E-state index is 0.0238. The van der Waals surface area contributed by atoms with Crippen LogP contribution in [0.2, 0.25) is 0 Å². The number of aliphatic carboxylic acids is 1. The fraction of sp³-hybridized carbons (Fsp3) is 0.522. The minimum atomic E-state index is -0.830. The maximum absolute atomic E-state index is 11.0. The van der Waals surface area contributed by atoms with Crippen LogP contribution in [0, 0.1) is 17.3 Å². The quantitative estimate of drug-likeness (QED) is 0.557. The fourth-order valence-corrected chi connectivity index (χ4v) is 4.46. The Morgan fingerprint density at radius 3 is 2.62 bits per heavy atom. The van der Waals surface area contributed by atoms with E-state index in [1.807, 2.05) is 24.3 Å². The number of carboxylic acid groups (broad SMARTS) is 1. The summed E-state index contributed by atoms with van der Waals surface area (Å²) in [4.78, 5) is 11.0. The van der Waals surface area contributed by atoms with Gasteiger partial charge in [-0.3, -0.25) is 4.79 Å². The monoisotopic (exact) mass is 352 g/mol. The van der Waals surface area contributed by atoms with Gasteiger partial charge in [0.1, 0.15) is 12.4 Å². The van der Waals surface area contributed by atoms with Crippen LogP contribution in [-0.2, 0) is 4.79 Å². The van der Waals surface area contributed by atoms with E-state index in [4.69, 9.17) is 9.84 Å². The first-order valence-electron chi connectivity index (χ1n) is 9.65. The lowest BCUT2D eigenvalue weighted by Crippen LogP contribution is -2.22. The molecule has 1 aromatic rings. The van der Waals surface area contributed by atoms with Crippen molar-refractivity contribution in [2.24, 2.45) is 5.41 Å². The van der Waals surface area contributed by atoms with E-state index in [0.29, 0.717) is 12.0 Å². The van der Waals surface area contributed by atoms with Gasteiger partial charge in [-0.1, -0.05) is 37.0 Å². The second kappa shape index (κ2) is 8.45. The van der Waals surface area contributed by atoms with E-state index in [1.54, 1.807) is 6.92 Å². The predicted octanol–water partition coefficient (Wildman–Crippen LogP) is 5.32. The second-order valence-electron chi connectivity index (χ2n) is 7.69. The lowest BCUT2D eigenvalue weighted by molar-refractivity contribution is -0.137. The molecule has 1 spiro atoms. The van der Waals surface area contributed by atoms with Gasteiger partial charge < -0.3 is 9.84 Å². The van der Waals surface area contributed by atoms with Crippen LogP contribution in [0.15, 0.2) is 35.9 Å². The van der Waals surface area contributed by atoms with Crippen LogP contribution < -0.4 is 4.74 Å². The van der Waals surface area contributed by atoms with E-state index in [9.17, 15) is 4.79 Å². The Balaban J connectivity index is 1.58. The Morgan fingerprint density at radius 2 is 1.96 bits per heavy atom. The molecule has 0 saturated heterocycles. The van der Waals surface area contributed by atoms with Gasteiger partial charge in [0.25, 0.3) is 0 Å². The zero-order valence-corrected chi connectivity index (χ0v) is 15.6. The fourth-order valence-electron chi connectivity index (χ4n) is 4.46. The topological polar surface area (TPSA) is 46.5 Å². The number of hydrogen-bond donors (Lipinski definition) is 1. The highest BCUT2D eigenvalue weighted by Crippen LogP contribution is 2.48. The Bertz CT molecular complexity index is 712. The Labute approximate surface area is 156 Å². The third-order valence-electron chi connectivity index (χ3n) is 5.78. The van der Waals surface area contributed by atoms with Crippen LogP contribution in [0.25, 0.3) is 0 Å². The molecular weight excluding hydrogens is 324 g/mol. The molecule has 0 radical (unpaired) electrons. The molecule has 0 bridgehead atoms. The van der Waals surface area contributed by atoms with Crippen molar-refractivity contribution in [2.75, 3.05) is 6.61 Å². The minimum Gasteiger partial charge on any atom is -0.489 e. The molecule has 0 unspecified atom stereocenters. The molecule has 0 amide bonds. The lowest BCUT2D eigenvalue weighted by Gasteiger charge is -2.33. The molecule has 3 nitrogen and oxygen atoms in total. The summed E-state index contributed by atoms with van der Waals surface area (Å²) in [5.74, 6) is 5.54. The number of benzene rings is 1. The number of carbonyl (C=O) groups is 1. The van der Waals surface area contributed by atoms with Crippen LogP contribution in [0.3, 0.4) is 0 Å². The molecule has 138 valence electrons. The zero-order chi connectivity index (χ0) is 18.4. The standard InChI is InChI=1S/C23H28O3/c1-2-6-20(15-22(24)25)19-8-10-21(11-9-19)26-17-18-7-5-14-23(16-18)12-3-4-13-23/h7-11,20H,3-5,12-17H2,1H3,(H,24,25)/t20-/m0/s1. The summed E-state index contributed by atoms with van der Waals surface area (Å²) in [6, 6.07) is 7.72. The van der Waals surface area contributed by atoms with Crippen molar-refractivity contribution in [3.05, 3.63) is 41.5 Å². The Hall–Kier alpha value is -2.21. The summed E-state index contributed by atoms with van der Waals surface area (Å²) in [6.45, 7) is 2.40. The zero-order valence-electron chi connectivity index (χ0n) is 15.6. The van der Waals surface area contributed by atoms with Gasteiger partial charge >= 0.3 is 5.97 Å². The molecule has 1 saturated carbocycles. The highest BCUT2D eigenvalue weighted by molar-refractivity contribution is 5.69. The molecule has 0 aromatic heterocycles. The van der Waals surface area contributed by atoms with Gasteiger partial charge in [0.15, 0.2) is 0 Å². The first-order chi connectivity index (χ1) is 12.6. The van der Waals surface area contributed by atoms with Gasteiger partial charge in [0.05, 0.1) is 12.3 Å². The molecular formula is C23H28O3. The van der Waals surface area contributed by atoms with Crippen molar-refractivity contribution in [3.8, 4) is 17.6 Å². The summed E-state index contributed by atoms with van der Waals surface area (Å²) < 4.78 is 6.00. The van der Waals surface area contributed by atoms with Crippen LogP contribution in [-0.4, -0.2) is 17.7 Å². The molecule has 1 aromatic carbocycles. The molecule has 1 fully saturated rings. The summed E-state index contributed by atoms with van der Waals surface area (Å²) in [6.07, 6.45) is 11.6. The van der Waals surface area contributed by atoms with Gasteiger partial charge in [-0.2, -0.15) is 0 Å². The van der Waals surface area contributed by atoms with Gasteiger partial charge in [-0.15, -0.1) is 5.92 Å². The molecule has 0 heterocycles. The number of carboxylic acids is 1. The molecule has 3 heteroatoms. The SMILES string of the molecule is CC#C[C@@H](CC(=O)O)c1ccc(OCC2=CCCC3(CCCC3)C2)cc1. The Kier molecular flexibility index (Phi) is 6.04. The predicted molar refractivity (Wildman–Crippen MR) is 103 cm³/mol. The molecule has 2 aliphatic carbocycles. The lowest BCUT2D eigenvalue weighted by atomic mass is 9.73. The summed E-state index contributed by atoms with van der Waals surface area (Å²) >= 11 is 0. The first-order valence-corrected chi connectivity index (χ1v) is 9.65.